The minimum atomic E-state index is -3.64. The fourth-order valence-corrected chi connectivity index (χ4v) is 3.53. The van der Waals surface area contributed by atoms with Crippen LogP contribution in [-0.4, -0.2) is 21.2 Å². The molecule has 6 nitrogen and oxygen atoms in total. The molecule has 0 saturated heterocycles. The minimum Gasteiger partial charge on any atom is -0.497 e. The van der Waals surface area contributed by atoms with Crippen LogP contribution in [0.3, 0.4) is 0 Å². The van der Waals surface area contributed by atoms with E-state index in [1.807, 2.05) is 37.3 Å². The summed E-state index contributed by atoms with van der Waals surface area (Å²) >= 11 is 0. The van der Waals surface area contributed by atoms with Crippen molar-refractivity contribution in [2.75, 3.05) is 17.3 Å². The second-order valence-electron chi connectivity index (χ2n) is 6.03. The highest BCUT2D eigenvalue weighted by Gasteiger charge is 2.14. The van der Waals surface area contributed by atoms with Gasteiger partial charge in [-0.3, -0.25) is 10.1 Å². The van der Waals surface area contributed by atoms with Gasteiger partial charge in [-0.2, -0.15) is 5.10 Å². The minimum absolute atomic E-state index is 0.191. The molecule has 3 aromatic carbocycles. The number of benzene rings is 3. The summed E-state index contributed by atoms with van der Waals surface area (Å²) in [6.07, 6.45) is 0. The summed E-state index contributed by atoms with van der Waals surface area (Å²) in [7, 11) is -2.02. The number of sulfonamides is 1. The maximum atomic E-state index is 12.5. The van der Waals surface area contributed by atoms with Crippen molar-refractivity contribution >= 4 is 27.1 Å². The van der Waals surface area contributed by atoms with Gasteiger partial charge < -0.3 is 4.74 Å². The molecule has 0 heterocycles. The van der Waals surface area contributed by atoms with Crippen molar-refractivity contribution in [3.63, 3.8) is 0 Å². The van der Waals surface area contributed by atoms with Crippen LogP contribution in [0.25, 0.3) is 0 Å². The predicted molar refractivity (Wildman–Crippen MR) is 113 cm³/mol. The molecule has 0 aliphatic rings. The van der Waals surface area contributed by atoms with E-state index in [4.69, 9.17) is 4.74 Å². The Bertz CT molecular complexity index is 1050. The monoisotopic (exact) mass is 395 g/mol. The van der Waals surface area contributed by atoms with Crippen LogP contribution in [-0.2, 0) is 10.0 Å². The zero-order valence-electron chi connectivity index (χ0n) is 15.6. The second-order valence-corrected chi connectivity index (χ2v) is 7.72. The first kappa shape index (κ1) is 19.4. The number of ether oxygens (including phenoxy) is 1. The number of anilines is 2. The van der Waals surface area contributed by atoms with Crippen LogP contribution in [0, 0.1) is 0 Å². The first-order valence-electron chi connectivity index (χ1n) is 8.60. The number of nitrogens with zero attached hydrogens (tertiary/aromatic N) is 1. The van der Waals surface area contributed by atoms with E-state index < -0.39 is 10.0 Å². The molecule has 2 N–H and O–H groups in total. The van der Waals surface area contributed by atoms with E-state index in [1.165, 1.54) is 0 Å². The Morgan fingerprint density at radius 1 is 0.857 bits per heavy atom. The summed E-state index contributed by atoms with van der Waals surface area (Å²) in [5.74, 6) is 0.771. The van der Waals surface area contributed by atoms with Gasteiger partial charge in [0.25, 0.3) is 10.0 Å². The average Bonchev–Trinajstić information content (AvgIpc) is 2.73. The predicted octanol–water partition coefficient (Wildman–Crippen LogP) is 4.33. The summed E-state index contributed by atoms with van der Waals surface area (Å²) in [6, 6.07) is 22.8. The van der Waals surface area contributed by atoms with Gasteiger partial charge in [0.15, 0.2) is 0 Å². The van der Waals surface area contributed by atoms with Crippen molar-refractivity contribution in [1.29, 1.82) is 0 Å². The lowest BCUT2D eigenvalue weighted by Gasteiger charge is -2.09. The van der Waals surface area contributed by atoms with Gasteiger partial charge >= 0.3 is 0 Å². The Kier molecular flexibility index (Phi) is 5.96. The van der Waals surface area contributed by atoms with E-state index in [0.29, 0.717) is 5.69 Å². The molecule has 0 bridgehead atoms. The van der Waals surface area contributed by atoms with Gasteiger partial charge in [0, 0.05) is 5.69 Å². The van der Waals surface area contributed by atoms with Gasteiger partial charge in [-0.15, -0.1) is 0 Å². The number of nitrogens with one attached hydrogen (secondary N) is 2. The SMILES string of the molecule is COc1ccc(NN=C(C)c2ccc(S(=O)(=O)Nc3ccccc3)cc2)cc1. The summed E-state index contributed by atoms with van der Waals surface area (Å²) in [6.45, 7) is 1.85. The van der Waals surface area contributed by atoms with Crippen LogP contribution in [0.4, 0.5) is 11.4 Å². The third-order valence-electron chi connectivity index (χ3n) is 4.05. The zero-order valence-corrected chi connectivity index (χ0v) is 16.4. The maximum Gasteiger partial charge on any atom is 0.261 e. The van der Waals surface area contributed by atoms with Gasteiger partial charge in [-0.1, -0.05) is 30.3 Å². The molecule has 0 unspecified atom stereocenters. The lowest BCUT2D eigenvalue weighted by molar-refractivity contribution is 0.415. The number of hydrogen-bond donors (Lipinski definition) is 2. The average molecular weight is 395 g/mol. The summed E-state index contributed by atoms with van der Waals surface area (Å²) in [5, 5.41) is 4.34. The van der Waals surface area contributed by atoms with Gasteiger partial charge in [-0.05, 0) is 61.0 Å². The maximum absolute atomic E-state index is 12.5. The molecule has 0 spiro atoms. The number of hydrogen-bond acceptors (Lipinski definition) is 5. The van der Waals surface area contributed by atoms with Crippen molar-refractivity contribution in [2.24, 2.45) is 5.10 Å². The molecule has 0 aliphatic heterocycles. The van der Waals surface area contributed by atoms with Gasteiger partial charge in [0.1, 0.15) is 5.75 Å². The van der Waals surface area contributed by atoms with Gasteiger partial charge in [0.05, 0.1) is 23.4 Å². The molecule has 0 fully saturated rings. The molecule has 3 rings (SSSR count). The molecule has 28 heavy (non-hydrogen) atoms. The zero-order chi connectivity index (χ0) is 20.0. The molecule has 0 saturated carbocycles. The standard InChI is InChI=1S/C21H21N3O3S/c1-16(22-23-18-10-12-20(27-2)13-11-18)17-8-14-21(15-9-17)28(25,26)24-19-6-4-3-5-7-19/h3-15,23-24H,1-2H3. The van der Waals surface area contributed by atoms with Crippen LogP contribution in [0.2, 0.25) is 0 Å². The van der Waals surface area contributed by atoms with E-state index in [9.17, 15) is 8.42 Å². The highest BCUT2D eigenvalue weighted by molar-refractivity contribution is 7.92. The normalized spacial score (nSPS) is 11.7. The van der Waals surface area contributed by atoms with Gasteiger partial charge in [-0.25, -0.2) is 8.42 Å². The first-order valence-corrected chi connectivity index (χ1v) is 10.1. The van der Waals surface area contributed by atoms with E-state index in [2.05, 4.69) is 15.2 Å². The number of hydrazone groups is 1. The molecule has 7 heteroatoms. The van der Waals surface area contributed by atoms with Crippen LogP contribution in [0.15, 0.2) is 88.9 Å². The number of rotatable bonds is 7. The van der Waals surface area contributed by atoms with E-state index in [0.717, 1.165) is 22.7 Å². The fourth-order valence-electron chi connectivity index (χ4n) is 2.47. The molecule has 3 aromatic rings. The van der Waals surface area contributed by atoms with E-state index in [-0.39, 0.29) is 4.90 Å². The third kappa shape index (κ3) is 4.89. The highest BCUT2D eigenvalue weighted by Crippen LogP contribution is 2.18. The molecule has 0 radical (unpaired) electrons. The van der Waals surface area contributed by atoms with E-state index in [1.54, 1.807) is 55.6 Å². The van der Waals surface area contributed by atoms with Crippen molar-refractivity contribution in [2.45, 2.75) is 11.8 Å². The summed E-state index contributed by atoms with van der Waals surface area (Å²) in [4.78, 5) is 0.191. The molecule has 0 amide bonds. The smallest absolute Gasteiger partial charge is 0.261 e. The lowest BCUT2D eigenvalue weighted by atomic mass is 10.1. The van der Waals surface area contributed by atoms with Crippen LogP contribution >= 0.6 is 0 Å². The molecular weight excluding hydrogens is 374 g/mol. The van der Waals surface area contributed by atoms with Crippen LogP contribution in [0.5, 0.6) is 5.75 Å². The topological polar surface area (TPSA) is 79.8 Å². The third-order valence-corrected chi connectivity index (χ3v) is 5.45. The Labute approximate surface area is 164 Å². The Hall–Kier alpha value is -3.32. The van der Waals surface area contributed by atoms with Gasteiger partial charge in [0.2, 0.25) is 0 Å². The van der Waals surface area contributed by atoms with E-state index >= 15 is 0 Å². The Morgan fingerprint density at radius 3 is 2.11 bits per heavy atom. The van der Waals surface area contributed by atoms with Crippen molar-refractivity contribution in [3.8, 4) is 5.75 Å². The largest absolute Gasteiger partial charge is 0.497 e. The molecule has 0 aliphatic carbocycles. The Balaban J connectivity index is 1.70. The lowest BCUT2D eigenvalue weighted by Crippen LogP contribution is -2.13. The number of para-hydroxylation sites is 1. The molecule has 0 aromatic heterocycles. The molecule has 0 atom stereocenters. The van der Waals surface area contributed by atoms with Crippen LogP contribution < -0.4 is 14.9 Å². The molecular formula is C21H21N3O3S. The van der Waals surface area contributed by atoms with Crippen molar-refractivity contribution in [3.05, 3.63) is 84.4 Å². The quantitative estimate of drug-likeness (QED) is 0.461. The summed E-state index contributed by atoms with van der Waals surface area (Å²) < 4.78 is 32.6. The second kappa shape index (κ2) is 8.58. The first-order chi connectivity index (χ1) is 13.5. The fraction of sp³-hybridized carbons (Fsp3) is 0.0952. The van der Waals surface area contributed by atoms with Crippen molar-refractivity contribution < 1.29 is 13.2 Å². The summed E-state index contributed by atoms with van der Waals surface area (Å²) in [5.41, 5.74) is 5.87. The van der Waals surface area contributed by atoms with Crippen molar-refractivity contribution in [1.82, 2.24) is 0 Å². The van der Waals surface area contributed by atoms with Crippen LogP contribution in [0.1, 0.15) is 12.5 Å². The molecule has 144 valence electrons. The highest BCUT2D eigenvalue weighted by atomic mass is 32.2. The Morgan fingerprint density at radius 2 is 1.50 bits per heavy atom. The number of methoxy groups -OCH3 is 1.